The van der Waals surface area contributed by atoms with Crippen LogP contribution in [0.25, 0.3) is 0 Å². The van der Waals surface area contributed by atoms with E-state index in [-0.39, 0.29) is 5.75 Å². The first-order chi connectivity index (χ1) is 6.50. The summed E-state index contributed by atoms with van der Waals surface area (Å²) in [6.07, 6.45) is -0.846. The number of hydrogen-bond acceptors (Lipinski definition) is 2. The van der Waals surface area contributed by atoms with E-state index >= 15 is 0 Å². The molecule has 0 radical (unpaired) electrons. The van der Waals surface area contributed by atoms with Gasteiger partial charge in [-0.25, -0.2) is 0 Å². The van der Waals surface area contributed by atoms with Crippen molar-refractivity contribution in [2.24, 2.45) is 0 Å². The van der Waals surface area contributed by atoms with Gasteiger partial charge in [-0.05, 0) is 25.1 Å². The molecule has 1 rings (SSSR count). The fourth-order valence-electron chi connectivity index (χ4n) is 1.05. The first kappa shape index (κ1) is 11.4. The molecule has 0 fully saturated rings. The minimum atomic E-state index is -2.88. The highest BCUT2D eigenvalue weighted by atomic mass is 79.9. The third-order valence-electron chi connectivity index (χ3n) is 1.64. The normalized spacial score (nSPS) is 13.0. The van der Waals surface area contributed by atoms with Crippen molar-refractivity contribution in [3.63, 3.8) is 0 Å². The smallest absolute Gasteiger partial charge is 0.387 e. The molecule has 0 heterocycles. The van der Waals surface area contributed by atoms with Crippen molar-refractivity contribution in [2.45, 2.75) is 19.6 Å². The number of ether oxygens (including phenoxy) is 1. The molecule has 0 amide bonds. The van der Waals surface area contributed by atoms with Gasteiger partial charge in [-0.2, -0.15) is 8.78 Å². The zero-order valence-corrected chi connectivity index (χ0v) is 8.96. The van der Waals surface area contributed by atoms with Gasteiger partial charge in [-0.1, -0.05) is 15.9 Å². The van der Waals surface area contributed by atoms with Crippen LogP contribution in [0.3, 0.4) is 0 Å². The fourth-order valence-corrected chi connectivity index (χ4v) is 1.43. The van der Waals surface area contributed by atoms with Crippen LogP contribution in [0.4, 0.5) is 8.78 Å². The van der Waals surface area contributed by atoms with Crippen molar-refractivity contribution < 1.29 is 18.6 Å². The van der Waals surface area contributed by atoms with Crippen molar-refractivity contribution in [1.82, 2.24) is 0 Å². The van der Waals surface area contributed by atoms with Crippen molar-refractivity contribution in [1.29, 1.82) is 0 Å². The number of benzene rings is 1. The molecule has 0 aliphatic rings. The molecule has 0 aliphatic carbocycles. The zero-order valence-electron chi connectivity index (χ0n) is 7.38. The fraction of sp³-hybridized carbons (Fsp3) is 0.333. The molecule has 1 atom stereocenters. The molecule has 0 saturated heterocycles. The number of aliphatic hydroxyl groups excluding tert-OH is 1. The van der Waals surface area contributed by atoms with Crippen molar-refractivity contribution in [3.05, 3.63) is 28.2 Å². The molecule has 1 unspecified atom stereocenters. The van der Waals surface area contributed by atoms with Gasteiger partial charge in [0.05, 0.1) is 6.10 Å². The van der Waals surface area contributed by atoms with Gasteiger partial charge in [0, 0.05) is 10.0 Å². The van der Waals surface area contributed by atoms with Crippen LogP contribution < -0.4 is 4.74 Å². The maximum Gasteiger partial charge on any atom is 0.387 e. The van der Waals surface area contributed by atoms with Crippen LogP contribution in [0.5, 0.6) is 5.75 Å². The van der Waals surface area contributed by atoms with Gasteiger partial charge in [0.15, 0.2) is 0 Å². The van der Waals surface area contributed by atoms with E-state index in [1.54, 1.807) is 12.1 Å². The molecule has 78 valence electrons. The third kappa shape index (κ3) is 2.92. The summed E-state index contributed by atoms with van der Waals surface area (Å²) in [5.74, 6) is -0.00167. The Bertz CT molecular complexity index is 316. The quantitative estimate of drug-likeness (QED) is 0.911. The molecule has 0 aliphatic heterocycles. The first-order valence-corrected chi connectivity index (χ1v) is 4.72. The maximum atomic E-state index is 11.9. The van der Waals surface area contributed by atoms with Gasteiger partial charge in [0.2, 0.25) is 0 Å². The number of aliphatic hydroxyl groups is 1. The Morgan fingerprint density at radius 1 is 1.43 bits per heavy atom. The number of hydrogen-bond donors (Lipinski definition) is 1. The summed E-state index contributed by atoms with van der Waals surface area (Å²) in [4.78, 5) is 0. The van der Waals surface area contributed by atoms with Crippen LogP contribution >= 0.6 is 15.9 Å². The first-order valence-electron chi connectivity index (χ1n) is 3.93. The van der Waals surface area contributed by atoms with Gasteiger partial charge >= 0.3 is 6.61 Å². The molecule has 0 aromatic heterocycles. The standard InChI is InChI=1S/C9H9BrF2O2/c1-5(13)7-4-6(10)2-3-8(7)14-9(11)12/h2-5,9,13H,1H3. The molecule has 2 nitrogen and oxygen atoms in total. The summed E-state index contributed by atoms with van der Waals surface area (Å²) in [5, 5.41) is 9.30. The summed E-state index contributed by atoms with van der Waals surface area (Å²) in [6, 6.07) is 4.50. The lowest BCUT2D eigenvalue weighted by Gasteiger charge is -2.12. The van der Waals surface area contributed by atoms with E-state index in [1.807, 2.05) is 0 Å². The van der Waals surface area contributed by atoms with Crippen LogP contribution in [0.1, 0.15) is 18.6 Å². The topological polar surface area (TPSA) is 29.5 Å². The Hall–Kier alpha value is -0.680. The molecule has 14 heavy (non-hydrogen) atoms. The molecule has 1 N–H and O–H groups in total. The lowest BCUT2D eigenvalue weighted by atomic mass is 10.1. The molecule has 1 aromatic rings. The highest BCUT2D eigenvalue weighted by Gasteiger charge is 2.13. The summed E-state index contributed by atoms with van der Waals surface area (Å²) in [7, 11) is 0. The molecule has 0 bridgehead atoms. The maximum absolute atomic E-state index is 11.9. The number of alkyl halides is 2. The second-order valence-corrected chi connectivity index (χ2v) is 3.65. The Balaban J connectivity index is 3.02. The van der Waals surface area contributed by atoms with E-state index in [0.717, 1.165) is 0 Å². The average Bonchev–Trinajstić information content (AvgIpc) is 2.07. The van der Waals surface area contributed by atoms with Gasteiger partial charge < -0.3 is 9.84 Å². The van der Waals surface area contributed by atoms with Crippen LogP contribution in [0, 0.1) is 0 Å². The van der Waals surface area contributed by atoms with Gasteiger partial charge in [-0.3, -0.25) is 0 Å². The van der Waals surface area contributed by atoms with E-state index in [4.69, 9.17) is 0 Å². The third-order valence-corrected chi connectivity index (χ3v) is 2.13. The van der Waals surface area contributed by atoms with E-state index in [1.165, 1.54) is 13.0 Å². The SMILES string of the molecule is CC(O)c1cc(Br)ccc1OC(F)F. The molecule has 5 heteroatoms. The van der Waals surface area contributed by atoms with Crippen LogP contribution in [-0.4, -0.2) is 11.7 Å². The van der Waals surface area contributed by atoms with E-state index < -0.39 is 12.7 Å². The predicted molar refractivity (Wildman–Crippen MR) is 51.4 cm³/mol. The minimum absolute atomic E-state index is 0.00167. The number of halogens is 3. The zero-order chi connectivity index (χ0) is 10.7. The summed E-state index contributed by atoms with van der Waals surface area (Å²) in [5.41, 5.74) is 0.333. The van der Waals surface area contributed by atoms with E-state index in [0.29, 0.717) is 10.0 Å². The van der Waals surface area contributed by atoms with Crippen molar-refractivity contribution in [2.75, 3.05) is 0 Å². The Labute approximate surface area is 88.6 Å². The summed E-state index contributed by atoms with van der Waals surface area (Å²) >= 11 is 3.18. The molecular formula is C9H9BrF2O2. The molecule has 1 aromatic carbocycles. The van der Waals surface area contributed by atoms with Crippen molar-refractivity contribution in [3.8, 4) is 5.75 Å². The highest BCUT2D eigenvalue weighted by Crippen LogP contribution is 2.29. The largest absolute Gasteiger partial charge is 0.434 e. The number of rotatable bonds is 3. The molecular weight excluding hydrogens is 258 g/mol. The second kappa shape index (κ2) is 4.70. The summed E-state index contributed by atoms with van der Waals surface area (Å²) in [6.45, 7) is -1.39. The van der Waals surface area contributed by atoms with E-state index in [2.05, 4.69) is 20.7 Å². The van der Waals surface area contributed by atoms with Crippen LogP contribution in [-0.2, 0) is 0 Å². The van der Waals surface area contributed by atoms with Crippen molar-refractivity contribution >= 4 is 15.9 Å². The molecule has 0 spiro atoms. The average molecular weight is 267 g/mol. The molecule has 0 saturated carbocycles. The monoisotopic (exact) mass is 266 g/mol. The Morgan fingerprint density at radius 3 is 2.57 bits per heavy atom. The lowest BCUT2D eigenvalue weighted by Crippen LogP contribution is -2.05. The summed E-state index contributed by atoms with van der Waals surface area (Å²) < 4.78 is 28.8. The van der Waals surface area contributed by atoms with Gasteiger partial charge in [-0.15, -0.1) is 0 Å². The highest BCUT2D eigenvalue weighted by molar-refractivity contribution is 9.10. The van der Waals surface area contributed by atoms with Crippen LogP contribution in [0.2, 0.25) is 0 Å². The lowest BCUT2D eigenvalue weighted by molar-refractivity contribution is -0.0514. The van der Waals surface area contributed by atoms with Gasteiger partial charge in [0.1, 0.15) is 5.75 Å². The van der Waals surface area contributed by atoms with Crippen LogP contribution in [0.15, 0.2) is 22.7 Å². The second-order valence-electron chi connectivity index (χ2n) is 2.74. The predicted octanol–water partition coefficient (Wildman–Crippen LogP) is 3.10. The Morgan fingerprint density at radius 2 is 2.07 bits per heavy atom. The van der Waals surface area contributed by atoms with E-state index in [9.17, 15) is 13.9 Å². The van der Waals surface area contributed by atoms with Gasteiger partial charge in [0.25, 0.3) is 0 Å². The Kier molecular flexibility index (Phi) is 3.83. The minimum Gasteiger partial charge on any atom is -0.434 e.